The predicted octanol–water partition coefficient (Wildman–Crippen LogP) is 1.68. The Morgan fingerprint density at radius 2 is 2.00 bits per heavy atom. The van der Waals surface area contributed by atoms with Gasteiger partial charge < -0.3 is 10.6 Å². The number of carbonyl (C=O) groups is 1. The Labute approximate surface area is 93.0 Å². The summed E-state index contributed by atoms with van der Waals surface area (Å²) in [4.78, 5) is 11.5. The van der Waals surface area contributed by atoms with Gasteiger partial charge in [-0.25, -0.2) is 0 Å². The van der Waals surface area contributed by atoms with E-state index in [1.807, 2.05) is 0 Å². The summed E-state index contributed by atoms with van der Waals surface area (Å²) in [5.74, 6) is 0.955. The van der Waals surface area contributed by atoms with Gasteiger partial charge in [-0.2, -0.15) is 0 Å². The third-order valence-corrected chi connectivity index (χ3v) is 3.32. The van der Waals surface area contributed by atoms with Gasteiger partial charge in [0.1, 0.15) is 0 Å². The van der Waals surface area contributed by atoms with Crippen molar-refractivity contribution in [2.45, 2.75) is 58.5 Å². The van der Waals surface area contributed by atoms with Crippen molar-refractivity contribution in [1.29, 1.82) is 0 Å². The van der Waals surface area contributed by atoms with Crippen LogP contribution in [0.15, 0.2) is 0 Å². The molecule has 1 saturated carbocycles. The van der Waals surface area contributed by atoms with Gasteiger partial charge in [0.05, 0.1) is 6.54 Å². The summed E-state index contributed by atoms with van der Waals surface area (Å²) in [6.07, 6.45) is 4.51. The molecule has 0 aromatic rings. The third kappa shape index (κ3) is 4.20. The molecule has 2 unspecified atom stereocenters. The van der Waals surface area contributed by atoms with Crippen LogP contribution >= 0.6 is 0 Å². The zero-order chi connectivity index (χ0) is 11.3. The highest BCUT2D eigenvalue weighted by molar-refractivity contribution is 5.78. The van der Waals surface area contributed by atoms with Crippen LogP contribution < -0.4 is 10.6 Å². The van der Waals surface area contributed by atoms with Gasteiger partial charge in [-0.05, 0) is 25.2 Å². The number of hydrogen-bond acceptors (Lipinski definition) is 2. The number of rotatable bonds is 7. The lowest BCUT2D eigenvalue weighted by atomic mass is 10.2. The van der Waals surface area contributed by atoms with E-state index < -0.39 is 0 Å². The summed E-state index contributed by atoms with van der Waals surface area (Å²) in [7, 11) is 0. The molecule has 15 heavy (non-hydrogen) atoms. The molecule has 0 aromatic heterocycles. The van der Waals surface area contributed by atoms with Crippen LogP contribution in [0.25, 0.3) is 0 Å². The van der Waals surface area contributed by atoms with Crippen molar-refractivity contribution in [3.05, 3.63) is 0 Å². The molecule has 2 atom stereocenters. The summed E-state index contributed by atoms with van der Waals surface area (Å²) < 4.78 is 0. The number of hydrogen-bond donors (Lipinski definition) is 2. The van der Waals surface area contributed by atoms with Crippen molar-refractivity contribution in [3.8, 4) is 0 Å². The van der Waals surface area contributed by atoms with Crippen molar-refractivity contribution < 1.29 is 4.79 Å². The lowest BCUT2D eigenvalue weighted by molar-refractivity contribution is -0.121. The second-order valence-corrected chi connectivity index (χ2v) is 4.47. The summed E-state index contributed by atoms with van der Waals surface area (Å²) in [6.45, 7) is 6.90. The second kappa shape index (κ2) is 6.11. The highest BCUT2D eigenvalue weighted by atomic mass is 16.1. The monoisotopic (exact) mass is 212 g/mol. The van der Waals surface area contributed by atoms with Crippen LogP contribution in [0.3, 0.4) is 0 Å². The Morgan fingerprint density at radius 3 is 2.47 bits per heavy atom. The Balaban J connectivity index is 2.08. The molecule has 0 aromatic carbocycles. The molecule has 1 aliphatic carbocycles. The van der Waals surface area contributed by atoms with Crippen molar-refractivity contribution in [3.63, 3.8) is 0 Å². The van der Waals surface area contributed by atoms with Gasteiger partial charge in [-0.1, -0.05) is 27.2 Å². The van der Waals surface area contributed by atoms with Crippen LogP contribution in [-0.4, -0.2) is 24.5 Å². The Bertz CT molecular complexity index is 202. The van der Waals surface area contributed by atoms with Gasteiger partial charge in [-0.15, -0.1) is 0 Å². The largest absolute Gasteiger partial charge is 0.352 e. The van der Waals surface area contributed by atoms with Gasteiger partial charge >= 0.3 is 0 Å². The van der Waals surface area contributed by atoms with Crippen molar-refractivity contribution in [1.82, 2.24) is 10.6 Å². The first-order chi connectivity index (χ1) is 7.21. The van der Waals surface area contributed by atoms with E-state index in [-0.39, 0.29) is 5.91 Å². The lowest BCUT2D eigenvalue weighted by Gasteiger charge is -2.14. The van der Waals surface area contributed by atoms with Crippen LogP contribution in [0, 0.1) is 5.92 Å². The summed E-state index contributed by atoms with van der Waals surface area (Å²) in [5.41, 5.74) is 0. The SMILES string of the molecule is CCC(CC)NC(=O)CNC1CC1CC. The zero-order valence-corrected chi connectivity index (χ0v) is 10.2. The standard InChI is InChI=1S/C12H24N2O/c1-4-9-7-11(9)13-8-12(15)14-10(5-2)6-3/h9-11,13H,4-8H2,1-3H3,(H,14,15). The molecule has 0 spiro atoms. The molecule has 1 rings (SSSR count). The highest BCUT2D eigenvalue weighted by Crippen LogP contribution is 2.32. The summed E-state index contributed by atoms with van der Waals surface area (Å²) >= 11 is 0. The van der Waals surface area contributed by atoms with Gasteiger partial charge in [0.25, 0.3) is 0 Å². The number of amides is 1. The Hall–Kier alpha value is -0.570. The van der Waals surface area contributed by atoms with E-state index >= 15 is 0 Å². The molecule has 0 heterocycles. The van der Waals surface area contributed by atoms with E-state index in [1.54, 1.807) is 0 Å². The van der Waals surface area contributed by atoms with E-state index in [0.29, 0.717) is 18.6 Å². The minimum absolute atomic E-state index is 0.144. The fourth-order valence-corrected chi connectivity index (χ4v) is 1.94. The topological polar surface area (TPSA) is 41.1 Å². The first-order valence-electron chi connectivity index (χ1n) is 6.23. The van der Waals surface area contributed by atoms with Gasteiger partial charge in [0.2, 0.25) is 5.91 Å². The summed E-state index contributed by atoms with van der Waals surface area (Å²) in [6, 6.07) is 0.947. The summed E-state index contributed by atoms with van der Waals surface area (Å²) in [5, 5.41) is 6.33. The minimum atomic E-state index is 0.144. The van der Waals surface area contributed by atoms with Crippen LogP contribution in [0.5, 0.6) is 0 Å². The van der Waals surface area contributed by atoms with Crippen LogP contribution in [0.4, 0.5) is 0 Å². The molecule has 1 fully saturated rings. The zero-order valence-electron chi connectivity index (χ0n) is 10.2. The first-order valence-corrected chi connectivity index (χ1v) is 6.23. The van der Waals surface area contributed by atoms with E-state index in [4.69, 9.17) is 0 Å². The van der Waals surface area contributed by atoms with E-state index in [0.717, 1.165) is 18.8 Å². The maximum atomic E-state index is 11.5. The van der Waals surface area contributed by atoms with Crippen LogP contribution in [0.1, 0.15) is 46.5 Å². The maximum Gasteiger partial charge on any atom is 0.234 e. The molecule has 1 aliphatic rings. The van der Waals surface area contributed by atoms with E-state index in [9.17, 15) is 4.79 Å². The quantitative estimate of drug-likeness (QED) is 0.674. The van der Waals surface area contributed by atoms with Crippen molar-refractivity contribution >= 4 is 5.91 Å². The first kappa shape index (κ1) is 12.5. The van der Waals surface area contributed by atoms with Gasteiger partial charge in [0.15, 0.2) is 0 Å². The molecule has 0 aliphatic heterocycles. The van der Waals surface area contributed by atoms with Crippen LogP contribution in [0.2, 0.25) is 0 Å². The molecule has 3 nitrogen and oxygen atoms in total. The average Bonchev–Trinajstić information content (AvgIpc) is 3.01. The molecule has 0 radical (unpaired) electrons. The average molecular weight is 212 g/mol. The molecule has 0 saturated heterocycles. The fourth-order valence-electron chi connectivity index (χ4n) is 1.94. The highest BCUT2D eigenvalue weighted by Gasteiger charge is 2.34. The molecule has 2 N–H and O–H groups in total. The molecule has 3 heteroatoms. The molecule has 0 bridgehead atoms. The van der Waals surface area contributed by atoms with E-state index in [2.05, 4.69) is 31.4 Å². The van der Waals surface area contributed by atoms with Crippen LogP contribution in [-0.2, 0) is 4.79 Å². The van der Waals surface area contributed by atoms with E-state index in [1.165, 1.54) is 12.8 Å². The second-order valence-electron chi connectivity index (χ2n) is 4.47. The molecule has 1 amide bonds. The maximum absolute atomic E-state index is 11.5. The Kier molecular flexibility index (Phi) is 5.09. The number of carbonyl (C=O) groups excluding carboxylic acids is 1. The third-order valence-electron chi connectivity index (χ3n) is 3.32. The molecular weight excluding hydrogens is 188 g/mol. The van der Waals surface area contributed by atoms with Crippen molar-refractivity contribution in [2.75, 3.05) is 6.54 Å². The number of nitrogens with one attached hydrogen (secondary N) is 2. The lowest BCUT2D eigenvalue weighted by Crippen LogP contribution is -2.40. The van der Waals surface area contributed by atoms with Gasteiger partial charge in [-0.3, -0.25) is 4.79 Å². The molecule has 88 valence electrons. The Morgan fingerprint density at radius 1 is 1.33 bits per heavy atom. The fraction of sp³-hybridized carbons (Fsp3) is 0.917. The van der Waals surface area contributed by atoms with Gasteiger partial charge in [0, 0.05) is 12.1 Å². The smallest absolute Gasteiger partial charge is 0.234 e. The minimum Gasteiger partial charge on any atom is -0.352 e. The normalized spacial score (nSPS) is 24.3. The van der Waals surface area contributed by atoms with Crippen molar-refractivity contribution in [2.24, 2.45) is 5.92 Å². The molecular formula is C12H24N2O. The predicted molar refractivity (Wildman–Crippen MR) is 62.7 cm³/mol.